The number of benzene rings is 2. The zero-order chi connectivity index (χ0) is 14.2. The molecule has 0 atom stereocenters. The molecule has 0 radical (unpaired) electrons. The minimum Gasteiger partial charge on any atom is -0.429 e. The normalized spacial score (nSPS) is 10.2. The van der Waals surface area contributed by atoms with Crippen LogP contribution in [0.25, 0.3) is 11.1 Å². The third-order valence-electron chi connectivity index (χ3n) is 3.14. The fraction of sp³-hybridized carbons (Fsp3) is 0.235. The number of hydrogen-bond acceptors (Lipinski definition) is 3. The molecule has 0 bridgehead atoms. The summed E-state index contributed by atoms with van der Waals surface area (Å²) in [6, 6.07) is 16.0. The molecule has 20 heavy (non-hydrogen) atoms. The van der Waals surface area contributed by atoms with E-state index in [4.69, 9.17) is 9.47 Å². The lowest BCUT2D eigenvalue weighted by molar-refractivity contribution is -0.120. The maximum atomic E-state index is 10.2. The number of methoxy groups -OCH3 is 1. The monoisotopic (exact) mass is 270 g/mol. The molecule has 0 amide bonds. The van der Waals surface area contributed by atoms with Gasteiger partial charge in [0, 0.05) is 13.7 Å². The van der Waals surface area contributed by atoms with Gasteiger partial charge >= 0.3 is 0 Å². The lowest BCUT2D eigenvalue weighted by Gasteiger charge is -2.05. The first-order valence-electron chi connectivity index (χ1n) is 6.62. The first-order chi connectivity index (χ1) is 9.83. The van der Waals surface area contributed by atoms with Crippen LogP contribution in [0.2, 0.25) is 0 Å². The number of ether oxygens (including phenoxy) is 2. The van der Waals surface area contributed by atoms with Crippen LogP contribution in [0.4, 0.5) is 0 Å². The summed E-state index contributed by atoms with van der Waals surface area (Å²) in [6.07, 6.45) is 2.06. The molecule has 0 N–H and O–H groups in total. The Balaban J connectivity index is 2.03. The summed E-state index contributed by atoms with van der Waals surface area (Å²) < 4.78 is 9.83. The number of hydrogen-bond donors (Lipinski definition) is 0. The highest BCUT2D eigenvalue weighted by Gasteiger charge is 2.00. The molecule has 0 aliphatic heterocycles. The molecular formula is C17H18O3. The van der Waals surface area contributed by atoms with Gasteiger partial charge in [0.15, 0.2) is 0 Å². The predicted molar refractivity (Wildman–Crippen MR) is 78.8 cm³/mol. The van der Waals surface area contributed by atoms with E-state index in [0.717, 1.165) is 30.6 Å². The van der Waals surface area contributed by atoms with Crippen molar-refractivity contribution in [2.75, 3.05) is 13.7 Å². The SMILES string of the molecule is COCCCc1ccc(-c2ccc(OC=O)cc2)cc1. The Bertz CT molecular complexity index is 529. The van der Waals surface area contributed by atoms with Crippen LogP contribution in [-0.4, -0.2) is 20.2 Å². The Hall–Kier alpha value is -2.13. The van der Waals surface area contributed by atoms with E-state index < -0.39 is 0 Å². The van der Waals surface area contributed by atoms with E-state index in [0.29, 0.717) is 12.2 Å². The average Bonchev–Trinajstić information content (AvgIpc) is 2.49. The fourth-order valence-corrected chi connectivity index (χ4v) is 2.07. The largest absolute Gasteiger partial charge is 0.429 e. The summed E-state index contributed by atoms with van der Waals surface area (Å²) in [5.74, 6) is 0.555. The number of aryl methyl sites for hydroxylation is 1. The first-order valence-corrected chi connectivity index (χ1v) is 6.62. The van der Waals surface area contributed by atoms with Crippen molar-refractivity contribution in [1.29, 1.82) is 0 Å². The second-order valence-corrected chi connectivity index (χ2v) is 4.53. The summed E-state index contributed by atoms with van der Waals surface area (Å²) in [5, 5.41) is 0. The average molecular weight is 270 g/mol. The van der Waals surface area contributed by atoms with Gasteiger partial charge in [0.2, 0.25) is 0 Å². The second-order valence-electron chi connectivity index (χ2n) is 4.53. The van der Waals surface area contributed by atoms with Crippen LogP contribution in [0.5, 0.6) is 5.75 Å². The Morgan fingerprint density at radius 3 is 2.10 bits per heavy atom. The molecule has 0 spiro atoms. The number of carbonyl (C=O) groups excluding carboxylic acids is 1. The molecule has 104 valence electrons. The van der Waals surface area contributed by atoms with Crippen LogP contribution >= 0.6 is 0 Å². The van der Waals surface area contributed by atoms with Crippen molar-refractivity contribution in [2.24, 2.45) is 0 Å². The third kappa shape index (κ3) is 3.93. The van der Waals surface area contributed by atoms with E-state index in [2.05, 4.69) is 24.3 Å². The maximum Gasteiger partial charge on any atom is 0.298 e. The molecule has 0 saturated carbocycles. The van der Waals surface area contributed by atoms with Gasteiger partial charge < -0.3 is 9.47 Å². The van der Waals surface area contributed by atoms with Crippen molar-refractivity contribution in [3.05, 3.63) is 54.1 Å². The van der Waals surface area contributed by atoms with Crippen LogP contribution in [-0.2, 0) is 16.0 Å². The van der Waals surface area contributed by atoms with Gasteiger partial charge in [0.25, 0.3) is 6.47 Å². The van der Waals surface area contributed by atoms with Crippen molar-refractivity contribution < 1.29 is 14.3 Å². The Morgan fingerprint density at radius 2 is 1.55 bits per heavy atom. The van der Waals surface area contributed by atoms with Gasteiger partial charge in [-0.15, -0.1) is 0 Å². The van der Waals surface area contributed by atoms with E-state index in [9.17, 15) is 4.79 Å². The van der Waals surface area contributed by atoms with Crippen LogP contribution in [0.3, 0.4) is 0 Å². The van der Waals surface area contributed by atoms with E-state index in [1.165, 1.54) is 5.56 Å². The van der Waals surface area contributed by atoms with Crippen LogP contribution in [0.15, 0.2) is 48.5 Å². The van der Waals surface area contributed by atoms with Gasteiger partial charge in [0.05, 0.1) is 0 Å². The molecule has 0 aromatic heterocycles. The van der Waals surface area contributed by atoms with Crippen molar-refractivity contribution in [2.45, 2.75) is 12.8 Å². The fourth-order valence-electron chi connectivity index (χ4n) is 2.07. The molecule has 2 rings (SSSR count). The van der Waals surface area contributed by atoms with Crippen molar-refractivity contribution in [1.82, 2.24) is 0 Å². The van der Waals surface area contributed by atoms with Gasteiger partial charge in [-0.3, -0.25) is 4.79 Å². The summed E-state index contributed by atoms with van der Waals surface area (Å²) in [7, 11) is 1.72. The third-order valence-corrected chi connectivity index (χ3v) is 3.14. The van der Waals surface area contributed by atoms with Crippen LogP contribution in [0, 0.1) is 0 Å². The summed E-state index contributed by atoms with van der Waals surface area (Å²) >= 11 is 0. The molecule has 0 aliphatic rings. The summed E-state index contributed by atoms with van der Waals surface area (Å²) in [4.78, 5) is 10.2. The van der Waals surface area contributed by atoms with E-state index in [-0.39, 0.29) is 0 Å². The topological polar surface area (TPSA) is 35.5 Å². The Labute approximate surface area is 119 Å². The second kappa shape index (κ2) is 7.46. The van der Waals surface area contributed by atoms with Gasteiger partial charge in [-0.2, -0.15) is 0 Å². The summed E-state index contributed by atoms with van der Waals surface area (Å²) in [6.45, 7) is 1.23. The highest BCUT2D eigenvalue weighted by molar-refractivity contribution is 5.64. The molecule has 2 aromatic rings. The van der Waals surface area contributed by atoms with Crippen molar-refractivity contribution in [3.8, 4) is 16.9 Å². The Morgan fingerprint density at radius 1 is 0.950 bits per heavy atom. The molecule has 3 heteroatoms. The maximum absolute atomic E-state index is 10.2. The molecule has 0 heterocycles. The van der Waals surface area contributed by atoms with Gasteiger partial charge in [0.1, 0.15) is 5.75 Å². The minimum absolute atomic E-state index is 0.434. The van der Waals surface area contributed by atoms with Crippen LogP contribution < -0.4 is 4.74 Å². The molecule has 2 aromatic carbocycles. The molecule has 0 unspecified atom stereocenters. The number of rotatable bonds is 7. The molecule has 0 aliphatic carbocycles. The smallest absolute Gasteiger partial charge is 0.298 e. The lowest BCUT2D eigenvalue weighted by Crippen LogP contribution is -1.92. The molecular weight excluding hydrogens is 252 g/mol. The van der Waals surface area contributed by atoms with E-state index >= 15 is 0 Å². The predicted octanol–water partition coefficient (Wildman–Crippen LogP) is 3.47. The zero-order valence-corrected chi connectivity index (χ0v) is 11.5. The van der Waals surface area contributed by atoms with Gasteiger partial charge in [-0.1, -0.05) is 36.4 Å². The molecule has 3 nitrogen and oxygen atoms in total. The molecule has 0 saturated heterocycles. The quantitative estimate of drug-likeness (QED) is 0.571. The minimum atomic E-state index is 0.434. The van der Waals surface area contributed by atoms with Crippen LogP contribution in [0.1, 0.15) is 12.0 Å². The first kappa shape index (κ1) is 14.3. The highest BCUT2D eigenvalue weighted by atomic mass is 16.5. The standard InChI is InChI=1S/C17H18O3/c1-19-12-2-3-14-4-6-15(7-5-14)16-8-10-17(11-9-16)20-13-18/h4-11,13H,2-3,12H2,1H3. The Kier molecular flexibility index (Phi) is 5.33. The highest BCUT2D eigenvalue weighted by Crippen LogP contribution is 2.22. The van der Waals surface area contributed by atoms with Gasteiger partial charge in [-0.05, 0) is 41.7 Å². The lowest BCUT2D eigenvalue weighted by atomic mass is 10.0. The molecule has 0 fully saturated rings. The van der Waals surface area contributed by atoms with E-state index in [1.54, 1.807) is 19.2 Å². The van der Waals surface area contributed by atoms with Crippen molar-refractivity contribution in [3.63, 3.8) is 0 Å². The van der Waals surface area contributed by atoms with E-state index in [1.807, 2.05) is 12.1 Å². The zero-order valence-electron chi connectivity index (χ0n) is 11.5. The van der Waals surface area contributed by atoms with Crippen molar-refractivity contribution >= 4 is 6.47 Å². The summed E-state index contributed by atoms with van der Waals surface area (Å²) in [5.41, 5.74) is 3.57. The number of carbonyl (C=O) groups is 1. The van der Waals surface area contributed by atoms with Gasteiger partial charge in [-0.25, -0.2) is 0 Å².